The van der Waals surface area contributed by atoms with Crippen LogP contribution in [0, 0.1) is 0 Å². The Labute approximate surface area is 220 Å². The van der Waals surface area contributed by atoms with Gasteiger partial charge < -0.3 is 19.4 Å². The summed E-state index contributed by atoms with van der Waals surface area (Å²) in [6.07, 6.45) is 0. The molecular formula is C25H25ClN8O2S. The standard InChI is InChI=1S/C25H25ClN8O2S/c1-31-21-20(22(35)30-25(31)36)34(13-14-37-23-27-18-7-2-3-8-19(18)28-23)24(29-21)33-11-9-32(10-12-33)17-6-4-5-16(26)15-17/h2-8,15H,9-14H2,1H3,(H,27,28)(H,30,35,36). The molecule has 1 aliphatic rings. The van der Waals surface area contributed by atoms with Crippen LogP contribution in [0.1, 0.15) is 0 Å². The summed E-state index contributed by atoms with van der Waals surface area (Å²) in [5, 5.41) is 1.53. The summed E-state index contributed by atoms with van der Waals surface area (Å²) in [6.45, 7) is 3.54. The molecule has 5 aromatic rings. The second-order valence-electron chi connectivity index (χ2n) is 8.92. The third kappa shape index (κ3) is 4.49. The number of nitrogens with one attached hydrogen (secondary N) is 2. The highest BCUT2D eigenvalue weighted by Gasteiger charge is 2.25. The van der Waals surface area contributed by atoms with E-state index in [-0.39, 0.29) is 0 Å². The zero-order chi connectivity index (χ0) is 25.5. The molecule has 2 aromatic carbocycles. The maximum atomic E-state index is 12.9. The fraction of sp³-hybridized carbons (Fsp3) is 0.280. The monoisotopic (exact) mass is 536 g/mol. The zero-order valence-corrected chi connectivity index (χ0v) is 21.7. The average Bonchev–Trinajstić information content (AvgIpc) is 3.49. The van der Waals surface area contributed by atoms with Crippen molar-refractivity contribution >= 4 is 57.2 Å². The SMILES string of the molecule is Cn1c(=O)[nH]c(=O)c2c1nc(N1CCN(c3cccc(Cl)c3)CC1)n2CCSc1nc2ccccc2[nH]1. The van der Waals surface area contributed by atoms with Crippen LogP contribution in [-0.4, -0.2) is 61.0 Å². The normalized spacial score (nSPS) is 14.2. The van der Waals surface area contributed by atoms with E-state index in [0.29, 0.717) is 34.4 Å². The van der Waals surface area contributed by atoms with Gasteiger partial charge in [-0.25, -0.2) is 9.78 Å². The van der Waals surface area contributed by atoms with E-state index in [4.69, 9.17) is 16.6 Å². The third-order valence-corrected chi connectivity index (χ3v) is 7.73. The van der Waals surface area contributed by atoms with Crippen molar-refractivity contribution in [3.8, 4) is 0 Å². The fourth-order valence-electron chi connectivity index (χ4n) is 4.75. The number of thioether (sulfide) groups is 1. The van der Waals surface area contributed by atoms with Gasteiger partial charge in [-0.2, -0.15) is 4.98 Å². The molecule has 10 nitrogen and oxygen atoms in total. The number of H-pyrrole nitrogens is 2. The summed E-state index contributed by atoms with van der Waals surface area (Å²) >= 11 is 7.78. The lowest BCUT2D eigenvalue weighted by molar-refractivity contribution is 0.622. The highest BCUT2D eigenvalue weighted by molar-refractivity contribution is 7.99. The first kappa shape index (κ1) is 23.7. The van der Waals surface area contributed by atoms with E-state index in [1.807, 2.05) is 47.0 Å². The summed E-state index contributed by atoms with van der Waals surface area (Å²) in [5.74, 6) is 1.36. The molecule has 190 valence electrons. The molecule has 1 aliphatic heterocycles. The number of aromatic amines is 2. The number of imidazole rings is 2. The van der Waals surface area contributed by atoms with E-state index in [9.17, 15) is 9.59 Å². The number of anilines is 2. The quantitative estimate of drug-likeness (QED) is 0.321. The number of hydrogen-bond acceptors (Lipinski definition) is 7. The van der Waals surface area contributed by atoms with E-state index >= 15 is 0 Å². The molecule has 3 aromatic heterocycles. The highest BCUT2D eigenvalue weighted by atomic mass is 35.5. The van der Waals surface area contributed by atoms with Gasteiger partial charge in [0.05, 0.1) is 11.0 Å². The molecule has 37 heavy (non-hydrogen) atoms. The Morgan fingerprint density at radius 3 is 2.54 bits per heavy atom. The first-order chi connectivity index (χ1) is 18.0. The van der Waals surface area contributed by atoms with Crippen LogP contribution in [0.2, 0.25) is 5.02 Å². The Kier molecular flexibility index (Phi) is 6.17. The van der Waals surface area contributed by atoms with Crippen molar-refractivity contribution in [2.75, 3.05) is 41.7 Å². The summed E-state index contributed by atoms with van der Waals surface area (Å²) in [4.78, 5) is 44.8. The molecule has 0 unspecified atom stereocenters. The average molecular weight is 537 g/mol. The number of rotatable bonds is 6. The van der Waals surface area contributed by atoms with Crippen LogP contribution < -0.4 is 21.0 Å². The number of nitrogens with zero attached hydrogens (tertiary/aromatic N) is 6. The molecule has 0 atom stereocenters. The van der Waals surface area contributed by atoms with E-state index < -0.39 is 11.2 Å². The number of piperazine rings is 1. The van der Waals surface area contributed by atoms with Crippen molar-refractivity contribution in [2.24, 2.45) is 7.05 Å². The maximum absolute atomic E-state index is 12.9. The van der Waals surface area contributed by atoms with Crippen molar-refractivity contribution < 1.29 is 0 Å². The van der Waals surface area contributed by atoms with Gasteiger partial charge in [-0.05, 0) is 30.3 Å². The minimum absolute atomic E-state index is 0.384. The molecule has 0 amide bonds. The van der Waals surface area contributed by atoms with E-state index in [1.54, 1.807) is 18.8 Å². The lowest BCUT2D eigenvalue weighted by Crippen LogP contribution is -2.47. The van der Waals surface area contributed by atoms with Gasteiger partial charge >= 0.3 is 5.69 Å². The number of fused-ring (bicyclic) bond motifs is 2. The van der Waals surface area contributed by atoms with Crippen molar-refractivity contribution in [2.45, 2.75) is 11.7 Å². The number of benzene rings is 2. The van der Waals surface area contributed by atoms with Crippen molar-refractivity contribution in [1.82, 2.24) is 29.1 Å². The fourth-order valence-corrected chi connectivity index (χ4v) is 5.74. The molecule has 0 bridgehead atoms. The van der Waals surface area contributed by atoms with Crippen molar-refractivity contribution in [1.29, 1.82) is 0 Å². The summed E-state index contributed by atoms with van der Waals surface area (Å²) in [5.41, 5.74) is 2.88. The smallest absolute Gasteiger partial charge is 0.329 e. The molecule has 12 heteroatoms. The molecule has 1 saturated heterocycles. The van der Waals surface area contributed by atoms with Crippen LogP contribution in [0.15, 0.2) is 63.3 Å². The Morgan fingerprint density at radius 2 is 1.76 bits per heavy atom. The van der Waals surface area contributed by atoms with Crippen LogP contribution in [0.3, 0.4) is 0 Å². The molecule has 1 fully saturated rings. The summed E-state index contributed by atoms with van der Waals surface area (Å²) < 4.78 is 3.32. The summed E-state index contributed by atoms with van der Waals surface area (Å²) in [6, 6.07) is 15.8. The Morgan fingerprint density at radius 1 is 0.973 bits per heavy atom. The molecule has 0 radical (unpaired) electrons. The van der Waals surface area contributed by atoms with Gasteiger partial charge in [-0.1, -0.05) is 41.6 Å². The van der Waals surface area contributed by atoms with Crippen LogP contribution in [0.4, 0.5) is 11.6 Å². The predicted octanol–water partition coefficient (Wildman–Crippen LogP) is 3.07. The topological polar surface area (TPSA) is 108 Å². The van der Waals surface area contributed by atoms with Crippen molar-refractivity contribution in [3.63, 3.8) is 0 Å². The van der Waals surface area contributed by atoms with Crippen molar-refractivity contribution in [3.05, 3.63) is 74.4 Å². The molecule has 4 heterocycles. The molecule has 2 N–H and O–H groups in total. The van der Waals surface area contributed by atoms with Gasteiger partial charge in [0, 0.05) is 56.2 Å². The van der Waals surface area contributed by atoms with E-state index in [2.05, 4.69) is 30.8 Å². The van der Waals surface area contributed by atoms with Gasteiger partial charge in [-0.3, -0.25) is 14.3 Å². The number of aryl methyl sites for hydroxylation is 2. The largest absolute Gasteiger partial charge is 0.368 e. The van der Waals surface area contributed by atoms with Gasteiger partial charge in [0.15, 0.2) is 16.3 Å². The first-order valence-corrected chi connectivity index (χ1v) is 13.4. The molecule has 0 spiro atoms. The second-order valence-corrected chi connectivity index (χ2v) is 10.4. The Hall–Kier alpha value is -3.70. The number of aromatic nitrogens is 6. The predicted molar refractivity (Wildman–Crippen MR) is 148 cm³/mol. The Balaban J connectivity index is 1.28. The molecule has 0 aliphatic carbocycles. The van der Waals surface area contributed by atoms with E-state index in [1.165, 1.54) is 4.57 Å². The van der Waals surface area contributed by atoms with Crippen LogP contribution in [-0.2, 0) is 13.6 Å². The van der Waals surface area contributed by atoms with E-state index in [0.717, 1.165) is 48.1 Å². The summed E-state index contributed by atoms with van der Waals surface area (Å²) in [7, 11) is 1.63. The van der Waals surface area contributed by atoms with Crippen LogP contribution >= 0.6 is 23.4 Å². The van der Waals surface area contributed by atoms with Crippen LogP contribution in [0.25, 0.3) is 22.2 Å². The van der Waals surface area contributed by atoms with Gasteiger partial charge in [0.2, 0.25) is 5.95 Å². The maximum Gasteiger partial charge on any atom is 0.329 e. The molecule has 0 saturated carbocycles. The molecule has 6 rings (SSSR count). The first-order valence-electron chi connectivity index (χ1n) is 12.0. The lowest BCUT2D eigenvalue weighted by Gasteiger charge is -2.36. The number of halogens is 1. The van der Waals surface area contributed by atoms with Crippen LogP contribution in [0.5, 0.6) is 0 Å². The lowest BCUT2D eigenvalue weighted by atomic mass is 10.2. The Bertz CT molecular complexity index is 1680. The number of para-hydroxylation sites is 2. The van der Waals surface area contributed by atoms with Gasteiger partial charge in [0.1, 0.15) is 0 Å². The van der Waals surface area contributed by atoms with Gasteiger partial charge in [0.25, 0.3) is 5.56 Å². The zero-order valence-electron chi connectivity index (χ0n) is 20.1. The minimum Gasteiger partial charge on any atom is -0.368 e. The van der Waals surface area contributed by atoms with Gasteiger partial charge in [-0.15, -0.1) is 0 Å². The second kappa shape index (κ2) is 9.64. The number of hydrogen-bond donors (Lipinski definition) is 2. The highest BCUT2D eigenvalue weighted by Crippen LogP contribution is 2.26. The minimum atomic E-state index is -0.476. The molecular weight excluding hydrogens is 512 g/mol. The third-order valence-electron chi connectivity index (χ3n) is 6.64.